The first-order chi connectivity index (χ1) is 13.0. The molecular weight excluding hydrogens is 334 g/mol. The fraction of sp³-hybridized carbons (Fsp3) is 0.217. The summed E-state index contributed by atoms with van der Waals surface area (Å²) >= 11 is 0. The number of rotatable bonds is 6. The minimum absolute atomic E-state index is 0.0158. The molecule has 1 amide bonds. The Morgan fingerprint density at radius 1 is 0.963 bits per heavy atom. The Labute approximate surface area is 160 Å². The first-order valence-corrected chi connectivity index (χ1v) is 9.18. The zero-order chi connectivity index (χ0) is 19.2. The van der Waals surface area contributed by atoms with Crippen LogP contribution in [0.3, 0.4) is 0 Å². The number of hydrogen-bond donors (Lipinski definition) is 1. The van der Waals surface area contributed by atoms with Crippen molar-refractivity contribution in [1.29, 1.82) is 0 Å². The molecule has 3 aromatic rings. The maximum absolute atomic E-state index is 13.0. The van der Waals surface area contributed by atoms with E-state index < -0.39 is 0 Å². The number of hydrogen-bond acceptors (Lipinski definition) is 3. The molecule has 0 atom stereocenters. The Bertz CT molecular complexity index is 902. The summed E-state index contributed by atoms with van der Waals surface area (Å²) in [5.41, 5.74) is 5.89. The van der Waals surface area contributed by atoms with Crippen LogP contribution in [0.4, 0.5) is 11.4 Å². The molecule has 1 heterocycles. The number of benzene rings is 2. The second kappa shape index (κ2) is 8.49. The summed E-state index contributed by atoms with van der Waals surface area (Å²) in [7, 11) is 0. The van der Waals surface area contributed by atoms with Gasteiger partial charge in [-0.15, -0.1) is 0 Å². The van der Waals surface area contributed by atoms with Gasteiger partial charge in [0.05, 0.1) is 17.4 Å². The Balaban J connectivity index is 1.78. The van der Waals surface area contributed by atoms with E-state index in [2.05, 4.69) is 42.3 Å². The lowest BCUT2D eigenvalue weighted by Gasteiger charge is -2.21. The van der Waals surface area contributed by atoms with Gasteiger partial charge in [0.25, 0.3) is 5.91 Å². The van der Waals surface area contributed by atoms with E-state index in [1.807, 2.05) is 48.2 Å². The highest BCUT2D eigenvalue weighted by Gasteiger charge is 2.15. The highest BCUT2D eigenvalue weighted by Crippen LogP contribution is 2.20. The summed E-state index contributed by atoms with van der Waals surface area (Å²) < 4.78 is 0. The van der Waals surface area contributed by atoms with E-state index in [4.69, 9.17) is 0 Å². The average molecular weight is 359 g/mol. The van der Waals surface area contributed by atoms with E-state index in [1.54, 1.807) is 12.4 Å². The van der Waals surface area contributed by atoms with Gasteiger partial charge in [-0.05, 0) is 55.7 Å². The molecule has 138 valence electrons. The van der Waals surface area contributed by atoms with Crippen molar-refractivity contribution in [3.05, 3.63) is 89.2 Å². The van der Waals surface area contributed by atoms with E-state index >= 15 is 0 Å². The van der Waals surface area contributed by atoms with Gasteiger partial charge in [-0.3, -0.25) is 9.78 Å². The van der Waals surface area contributed by atoms with E-state index in [1.165, 1.54) is 11.1 Å². The van der Waals surface area contributed by atoms with Gasteiger partial charge in [-0.1, -0.05) is 36.4 Å². The Morgan fingerprint density at radius 3 is 2.33 bits per heavy atom. The third-order valence-corrected chi connectivity index (χ3v) is 4.38. The number of anilines is 2. The van der Waals surface area contributed by atoms with Crippen molar-refractivity contribution < 1.29 is 4.79 Å². The molecule has 4 heteroatoms. The number of amides is 1. The van der Waals surface area contributed by atoms with Crippen LogP contribution < -0.4 is 5.32 Å². The van der Waals surface area contributed by atoms with E-state index in [-0.39, 0.29) is 5.91 Å². The molecule has 0 unspecified atom stereocenters. The van der Waals surface area contributed by atoms with Crippen LogP contribution in [0.25, 0.3) is 0 Å². The third kappa shape index (κ3) is 4.94. The summed E-state index contributed by atoms with van der Waals surface area (Å²) in [5, 5.41) is 3.35. The highest BCUT2D eigenvalue weighted by molar-refractivity contribution is 5.94. The molecule has 0 aliphatic rings. The Kier molecular flexibility index (Phi) is 5.87. The topological polar surface area (TPSA) is 45.2 Å². The first-order valence-electron chi connectivity index (χ1n) is 9.18. The summed E-state index contributed by atoms with van der Waals surface area (Å²) in [6.45, 7) is 7.36. The number of nitrogens with zero attached hydrogens (tertiary/aromatic N) is 2. The van der Waals surface area contributed by atoms with E-state index in [9.17, 15) is 4.79 Å². The van der Waals surface area contributed by atoms with Crippen LogP contribution in [0.1, 0.15) is 34.0 Å². The maximum Gasteiger partial charge on any atom is 0.255 e. The van der Waals surface area contributed by atoms with Crippen LogP contribution in [-0.4, -0.2) is 22.3 Å². The predicted octanol–water partition coefficient (Wildman–Crippen LogP) is 5.10. The second-order valence-electron chi connectivity index (χ2n) is 6.77. The van der Waals surface area contributed by atoms with Crippen molar-refractivity contribution in [1.82, 2.24) is 9.88 Å². The van der Waals surface area contributed by atoms with Gasteiger partial charge in [0, 0.05) is 25.0 Å². The standard InChI is InChI=1S/C23H25N3O/c1-4-26(16-19-8-6-5-7-9-19)23(27)20-13-22(15-24-14-20)25-21-11-17(2)10-18(3)12-21/h5-15,25H,4,16H2,1-3H3. The molecule has 0 spiro atoms. The molecule has 2 aromatic carbocycles. The van der Waals surface area contributed by atoms with Gasteiger partial charge in [0.2, 0.25) is 0 Å². The summed E-state index contributed by atoms with van der Waals surface area (Å²) in [6, 6.07) is 18.2. The molecule has 0 saturated carbocycles. The summed E-state index contributed by atoms with van der Waals surface area (Å²) in [6.07, 6.45) is 3.37. The lowest BCUT2D eigenvalue weighted by molar-refractivity contribution is 0.0752. The van der Waals surface area contributed by atoms with Crippen LogP contribution >= 0.6 is 0 Å². The number of pyridine rings is 1. The molecule has 0 saturated heterocycles. The van der Waals surface area contributed by atoms with Crippen molar-refractivity contribution >= 4 is 17.3 Å². The highest BCUT2D eigenvalue weighted by atomic mass is 16.2. The average Bonchev–Trinajstić information content (AvgIpc) is 2.66. The van der Waals surface area contributed by atoms with Crippen LogP contribution in [-0.2, 0) is 6.54 Å². The quantitative estimate of drug-likeness (QED) is 0.665. The smallest absolute Gasteiger partial charge is 0.255 e. The molecule has 4 nitrogen and oxygen atoms in total. The zero-order valence-corrected chi connectivity index (χ0v) is 16.1. The number of nitrogens with one attached hydrogen (secondary N) is 1. The lowest BCUT2D eigenvalue weighted by Crippen LogP contribution is -2.30. The van der Waals surface area contributed by atoms with Crippen LogP contribution in [0.15, 0.2) is 67.0 Å². The minimum Gasteiger partial charge on any atom is -0.354 e. The summed E-state index contributed by atoms with van der Waals surface area (Å²) in [5.74, 6) is -0.0158. The van der Waals surface area contributed by atoms with Crippen molar-refractivity contribution in [2.24, 2.45) is 0 Å². The van der Waals surface area contributed by atoms with Crippen LogP contribution in [0.2, 0.25) is 0 Å². The van der Waals surface area contributed by atoms with Gasteiger partial charge < -0.3 is 10.2 Å². The minimum atomic E-state index is -0.0158. The molecule has 0 bridgehead atoms. The molecule has 1 N–H and O–H groups in total. The molecule has 3 rings (SSSR count). The van der Waals surface area contributed by atoms with Crippen molar-refractivity contribution in [3.63, 3.8) is 0 Å². The van der Waals surface area contributed by atoms with Crippen molar-refractivity contribution in [2.45, 2.75) is 27.3 Å². The van der Waals surface area contributed by atoms with Gasteiger partial charge in [-0.25, -0.2) is 0 Å². The zero-order valence-electron chi connectivity index (χ0n) is 16.1. The molecule has 0 aliphatic heterocycles. The van der Waals surface area contributed by atoms with Crippen LogP contribution in [0.5, 0.6) is 0 Å². The van der Waals surface area contributed by atoms with Gasteiger partial charge in [0.15, 0.2) is 0 Å². The Hall–Kier alpha value is -3.14. The molecule has 0 fully saturated rings. The van der Waals surface area contributed by atoms with Crippen LogP contribution in [0, 0.1) is 13.8 Å². The van der Waals surface area contributed by atoms with Gasteiger partial charge in [0.1, 0.15) is 0 Å². The number of carbonyl (C=O) groups is 1. The third-order valence-electron chi connectivity index (χ3n) is 4.38. The predicted molar refractivity (Wildman–Crippen MR) is 110 cm³/mol. The van der Waals surface area contributed by atoms with E-state index in [0.29, 0.717) is 18.7 Å². The monoisotopic (exact) mass is 359 g/mol. The SMILES string of the molecule is CCN(Cc1ccccc1)C(=O)c1cncc(Nc2cc(C)cc(C)c2)c1. The fourth-order valence-corrected chi connectivity index (χ4v) is 3.15. The van der Waals surface area contributed by atoms with Crippen molar-refractivity contribution in [3.8, 4) is 0 Å². The molecule has 0 radical (unpaired) electrons. The van der Waals surface area contributed by atoms with Gasteiger partial charge in [-0.2, -0.15) is 0 Å². The second-order valence-corrected chi connectivity index (χ2v) is 6.77. The Morgan fingerprint density at radius 2 is 1.67 bits per heavy atom. The number of aromatic nitrogens is 1. The molecule has 1 aromatic heterocycles. The lowest BCUT2D eigenvalue weighted by atomic mass is 10.1. The normalized spacial score (nSPS) is 10.5. The number of aryl methyl sites for hydroxylation is 2. The molecular formula is C23H25N3O. The molecule has 0 aliphatic carbocycles. The van der Waals surface area contributed by atoms with Gasteiger partial charge >= 0.3 is 0 Å². The number of carbonyl (C=O) groups excluding carboxylic acids is 1. The molecule has 27 heavy (non-hydrogen) atoms. The van der Waals surface area contributed by atoms with E-state index in [0.717, 1.165) is 16.9 Å². The fourth-order valence-electron chi connectivity index (χ4n) is 3.15. The maximum atomic E-state index is 13.0. The largest absolute Gasteiger partial charge is 0.354 e. The van der Waals surface area contributed by atoms with Crippen molar-refractivity contribution in [2.75, 3.05) is 11.9 Å². The first kappa shape index (κ1) is 18.6. The summed E-state index contributed by atoms with van der Waals surface area (Å²) in [4.78, 5) is 19.0.